The van der Waals surface area contributed by atoms with Gasteiger partial charge >= 0.3 is 5.97 Å². The number of nitrogens with one attached hydrogen (secondary N) is 2. The van der Waals surface area contributed by atoms with Gasteiger partial charge in [0.25, 0.3) is 0 Å². The maximum atomic E-state index is 13.8. The van der Waals surface area contributed by atoms with E-state index in [1.165, 1.54) is 0 Å². The number of carbonyl (C=O) groups excluding carboxylic acids is 3. The van der Waals surface area contributed by atoms with Gasteiger partial charge in [-0.25, -0.2) is 5.84 Å². The Hall–Kier alpha value is -3.96. The first kappa shape index (κ1) is 33.2. The quantitative estimate of drug-likeness (QED) is 0.0712. The van der Waals surface area contributed by atoms with Crippen LogP contribution in [0.15, 0.2) is 59.7 Å². The molecule has 1 unspecified atom stereocenters. The molecule has 11 nitrogen and oxygen atoms in total. The monoisotopic (exact) mass is 567 g/mol. The molecular formula is C30H45N7O4. The van der Waals surface area contributed by atoms with Gasteiger partial charge in [0.2, 0.25) is 11.8 Å². The molecule has 0 spiro atoms. The van der Waals surface area contributed by atoms with Crippen molar-refractivity contribution in [3.8, 4) is 0 Å². The first-order chi connectivity index (χ1) is 19.6. The molecule has 8 N–H and O–H groups in total. The zero-order chi connectivity index (χ0) is 30.4. The van der Waals surface area contributed by atoms with Gasteiger partial charge in [0.1, 0.15) is 6.04 Å². The predicted octanol–water partition coefficient (Wildman–Crippen LogP) is 1.90. The summed E-state index contributed by atoms with van der Waals surface area (Å²) in [7, 11) is 0. The second-order valence-electron chi connectivity index (χ2n) is 10.3. The van der Waals surface area contributed by atoms with Crippen LogP contribution in [-0.2, 0) is 25.5 Å². The topological polar surface area (TPSA) is 178 Å². The van der Waals surface area contributed by atoms with E-state index in [2.05, 4.69) is 15.8 Å². The van der Waals surface area contributed by atoms with E-state index in [1.807, 2.05) is 37.3 Å². The lowest BCUT2D eigenvalue weighted by Crippen LogP contribution is -2.56. The molecule has 0 aliphatic heterocycles. The summed E-state index contributed by atoms with van der Waals surface area (Å²) in [6, 6.07) is 16.3. The van der Waals surface area contributed by atoms with E-state index < -0.39 is 29.4 Å². The van der Waals surface area contributed by atoms with E-state index in [1.54, 1.807) is 49.9 Å². The largest absolute Gasteiger partial charge is 0.466 e. The molecule has 2 rings (SSSR count). The molecule has 0 saturated heterocycles. The van der Waals surface area contributed by atoms with Crippen molar-refractivity contribution in [3.63, 3.8) is 0 Å². The number of carbonyl (C=O) groups is 3. The Labute approximate surface area is 242 Å². The number of hydrazone groups is 1. The summed E-state index contributed by atoms with van der Waals surface area (Å²) in [5.41, 5.74) is 9.67. The van der Waals surface area contributed by atoms with Crippen molar-refractivity contribution in [2.45, 2.75) is 70.9 Å². The maximum absolute atomic E-state index is 13.8. The fourth-order valence-electron chi connectivity index (χ4n) is 4.53. The molecule has 0 bridgehead atoms. The van der Waals surface area contributed by atoms with Crippen molar-refractivity contribution in [1.29, 1.82) is 0 Å². The summed E-state index contributed by atoms with van der Waals surface area (Å²) in [5, 5.41) is 6.56. The lowest BCUT2D eigenvalue weighted by atomic mass is 9.90. The van der Waals surface area contributed by atoms with Gasteiger partial charge in [-0.15, -0.1) is 0 Å². The van der Waals surface area contributed by atoms with Crippen molar-refractivity contribution in [2.75, 3.05) is 19.7 Å². The van der Waals surface area contributed by atoms with Gasteiger partial charge in [0.15, 0.2) is 5.84 Å². The zero-order valence-corrected chi connectivity index (χ0v) is 24.6. The molecule has 2 aromatic carbocycles. The number of benzene rings is 2. The fraction of sp³-hybridized carbons (Fsp3) is 0.467. The molecule has 11 heteroatoms. The Morgan fingerprint density at radius 2 is 1.68 bits per heavy atom. The van der Waals surface area contributed by atoms with Crippen LogP contribution in [0.25, 0.3) is 0 Å². The van der Waals surface area contributed by atoms with Gasteiger partial charge in [-0.05, 0) is 64.5 Å². The standard InChI is InChI=1S/C30H45N7O4/c1-5-37(20-19-24(28(39)41-6-2)22-16-10-11-17-23(22)26(35-32)36-33)27(38)25(34-29(40)30(3,4)31)18-12-15-21-13-8-7-9-14-21/h7-11,13-14,16-17,24-25H,5-6,12,15,18-20,31-33H2,1-4H3,(H,34,40)(H,35,36)/t24?,25-/m1/s1. The summed E-state index contributed by atoms with van der Waals surface area (Å²) in [5.74, 6) is 9.54. The van der Waals surface area contributed by atoms with E-state index in [9.17, 15) is 14.4 Å². The lowest BCUT2D eigenvalue weighted by molar-refractivity contribution is -0.146. The first-order valence-corrected chi connectivity index (χ1v) is 14.0. The number of nitrogens with two attached hydrogens (primary N) is 3. The Bertz CT molecular complexity index is 1160. The number of esters is 1. The van der Waals surface area contributed by atoms with Crippen molar-refractivity contribution < 1.29 is 19.1 Å². The first-order valence-electron chi connectivity index (χ1n) is 14.0. The molecule has 2 atom stereocenters. The van der Waals surface area contributed by atoms with E-state index in [0.29, 0.717) is 30.5 Å². The van der Waals surface area contributed by atoms with Gasteiger partial charge in [-0.1, -0.05) is 54.6 Å². The van der Waals surface area contributed by atoms with Crippen LogP contribution in [0.1, 0.15) is 69.6 Å². The Morgan fingerprint density at radius 3 is 2.27 bits per heavy atom. The van der Waals surface area contributed by atoms with Gasteiger partial charge in [-0.2, -0.15) is 5.10 Å². The SMILES string of the molecule is CCOC(=O)C(CCN(CC)C(=O)[C@@H](CCCc1ccccc1)NC(=O)C(C)(C)N)c1ccccc1/C(=N/N)NN. The highest BCUT2D eigenvalue weighted by molar-refractivity contribution is 6.01. The molecule has 0 aliphatic rings. The van der Waals surface area contributed by atoms with E-state index in [4.69, 9.17) is 22.2 Å². The van der Waals surface area contributed by atoms with Crippen LogP contribution in [0.5, 0.6) is 0 Å². The molecule has 224 valence electrons. The number of amidine groups is 1. The minimum atomic E-state index is -1.15. The molecule has 2 amide bonds. The smallest absolute Gasteiger partial charge is 0.313 e. The predicted molar refractivity (Wildman–Crippen MR) is 160 cm³/mol. The second-order valence-corrected chi connectivity index (χ2v) is 10.3. The minimum absolute atomic E-state index is 0.200. The van der Waals surface area contributed by atoms with Gasteiger partial charge in [0, 0.05) is 18.7 Å². The molecule has 0 radical (unpaired) electrons. The summed E-state index contributed by atoms with van der Waals surface area (Å²) in [4.78, 5) is 41.3. The van der Waals surface area contributed by atoms with Crippen molar-refractivity contribution >= 4 is 23.6 Å². The number of ether oxygens (including phenoxy) is 1. The molecule has 0 heterocycles. The van der Waals surface area contributed by atoms with Crippen LogP contribution in [0.2, 0.25) is 0 Å². The van der Waals surface area contributed by atoms with Crippen molar-refractivity contribution in [2.24, 2.45) is 22.5 Å². The molecule has 41 heavy (non-hydrogen) atoms. The van der Waals surface area contributed by atoms with E-state index in [0.717, 1.165) is 12.0 Å². The molecule has 2 aromatic rings. The van der Waals surface area contributed by atoms with Crippen LogP contribution < -0.4 is 28.2 Å². The van der Waals surface area contributed by atoms with Gasteiger partial charge in [-0.3, -0.25) is 14.4 Å². The summed E-state index contributed by atoms with van der Waals surface area (Å²) in [6.07, 6.45) is 2.16. The number of amides is 2. The number of aryl methyl sites for hydroxylation is 1. The fourth-order valence-corrected chi connectivity index (χ4v) is 4.53. The average Bonchev–Trinajstić information content (AvgIpc) is 2.96. The molecule has 0 fully saturated rings. The second kappa shape index (κ2) is 16.3. The lowest BCUT2D eigenvalue weighted by Gasteiger charge is -2.30. The maximum Gasteiger partial charge on any atom is 0.313 e. The summed E-state index contributed by atoms with van der Waals surface area (Å²) < 4.78 is 5.38. The van der Waals surface area contributed by atoms with Crippen LogP contribution >= 0.6 is 0 Å². The highest BCUT2D eigenvalue weighted by Gasteiger charge is 2.32. The molecule has 0 aromatic heterocycles. The van der Waals surface area contributed by atoms with Gasteiger partial charge < -0.3 is 32.0 Å². The third kappa shape index (κ3) is 9.87. The van der Waals surface area contributed by atoms with Crippen LogP contribution in [0.4, 0.5) is 0 Å². The Morgan fingerprint density at radius 1 is 1.02 bits per heavy atom. The number of rotatable bonds is 15. The van der Waals surface area contributed by atoms with Crippen molar-refractivity contribution in [1.82, 2.24) is 15.6 Å². The number of likely N-dealkylation sites (N-methyl/N-ethyl adjacent to an activating group) is 1. The molecular weight excluding hydrogens is 522 g/mol. The molecule has 0 saturated carbocycles. The van der Waals surface area contributed by atoms with Gasteiger partial charge in [0.05, 0.1) is 18.1 Å². The third-order valence-electron chi connectivity index (χ3n) is 6.80. The average molecular weight is 568 g/mol. The summed E-state index contributed by atoms with van der Waals surface area (Å²) >= 11 is 0. The number of hydrazine groups is 1. The number of hydrogen-bond acceptors (Lipinski definition) is 8. The van der Waals surface area contributed by atoms with Crippen molar-refractivity contribution in [3.05, 3.63) is 71.3 Å². The highest BCUT2D eigenvalue weighted by Crippen LogP contribution is 2.26. The summed E-state index contributed by atoms with van der Waals surface area (Å²) in [6.45, 7) is 7.62. The number of hydrogen-bond donors (Lipinski definition) is 5. The molecule has 0 aliphatic carbocycles. The highest BCUT2D eigenvalue weighted by atomic mass is 16.5. The van der Waals surface area contributed by atoms with Crippen LogP contribution in [-0.4, -0.2) is 59.8 Å². The number of nitrogens with zero attached hydrogens (tertiary/aromatic N) is 2. The zero-order valence-electron chi connectivity index (χ0n) is 24.6. The third-order valence-corrected chi connectivity index (χ3v) is 6.80. The van der Waals surface area contributed by atoms with E-state index in [-0.39, 0.29) is 31.3 Å². The Kier molecular flexibility index (Phi) is 13.2. The Balaban J connectivity index is 2.28. The van der Waals surface area contributed by atoms with Crippen LogP contribution in [0, 0.1) is 0 Å². The van der Waals surface area contributed by atoms with E-state index >= 15 is 0 Å². The minimum Gasteiger partial charge on any atom is -0.466 e. The van der Waals surface area contributed by atoms with Crippen LogP contribution in [0.3, 0.4) is 0 Å². The normalized spacial score (nSPS) is 13.2.